The van der Waals surface area contributed by atoms with Crippen molar-refractivity contribution in [3.05, 3.63) is 12.4 Å². The van der Waals surface area contributed by atoms with Gasteiger partial charge in [-0.25, -0.2) is 18.4 Å². The maximum Gasteiger partial charge on any atom is 0.149 e. The third kappa shape index (κ3) is 4.11. The first kappa shape index (κ1) is 11.7. The van der Waals surface area contributed by atoms with Crippen LogP contribution < -0.4 is 10.6 Å². The van der Waals surface area contributed by atoms with Gasteiger partial charge in [0.05, 0.1) is 5.75 Å². The molecule has 0 spiro atoms. The summed E-state index contributed by atoms with van der Waals surface area (Å²) in [5.74, 6) is 1.07. The van der Waals surface area contributed by atoms with Crippen molar-refractivity contribution < 1.29 is 8.42 Å². The van der Waals surface area contributed by atoms with Gasteiger partial charge in [-0.3, -0.25) is 0 Å². The quantitative estimate of drug-likeness (QED) is 0.753. The van der Waals surface area contributed by atoms with Gasteiger partial charge >= 0.3 is 0 Å². The Labute approximate surface area is 89.1 Å². The van der Waals surface area contributed by atoms with Gasteiger partial charge in [0, 0.05) is 25.9 Å². The standard InChI is InChI=1S/C8H14N4O2S/c1-12(3-4-15(2,13)14)8-5-7(9)10-6-11-8/h5-6H,3-4H2,1-2H3,(H2,9,10,11). The minimum atomic E-state index is -2.95. The van der Waals surface area contributed by atoms with Gasteiger partial charge in [-0.2, -0.15) is 0 Å². The van der Waals surface area contributed by atoms with Crippen LogP contribution in [0.1, 0.15) is 0 Å². The normalized spacial score (nSPS) is 11.3. The Morgan fingerprint density at radius 2 is 2.13 bits per heavy atom. The predicted octanol–water partition coefficient (Wildman–Crippen LogP) is -0.460. The zero-order valence-corrected chi connectivity index (χ0v) is 9.53. The molecule has 0 amide bonds. The lowest BCUT2D eigenvalue weighted by molar-refractivity contribution is 0.601. The van der Waals surface area contributed by atoms with Gasteiger partial charge in [-0.05, 0) is 0 Å². The first-order valence-corrected chi connectivity index (χ1v) is 6.41. The van der Waals surface area contributed by atoms with Crippen molar-refractivity contribution in [2.45, 2.75) is 0 Å². The van der Waals surface area contributed by atoms with Crippen molar-refractivity contribution >= 4 is 21.5 Å². The molecule has 0 aliphatic rings. The fourth-order valence-corrected chi connectivity index (χ4v) is 1.59. The van der Waals surface area contributed by atoms with E-state index < -0.39 is 9.84 Å². The van der Waals surface area contributed by atoms with E-state index in [1.807, 2.05) is 0 Å². The molecule has 0 fully saturated rings. The number of hydrogen-bond acceptors (Lipinski definition) is 6. The molecule has 0 unspecified atom stereocenters. The van der Waals surface area contributed by atoms with E-state index in [1.54, 1.807) is 18.0 Å². The van der Waals surface area contributed by atoms with Crippen molar-refractivity contribution in [3.8, 4) is 0 Å². The Bertz CT molecular complexity index is 432. The predicted molar refractivity (Wildman–Crippen MR) is 59.4 cm³/mol. The molecule has 6 nitrogen and oxygen atoms in total. The third-order valence-electron chi connectivity index (χ3n) is 1.86. The summed E-state index contributed by atoms with van der Waals surface area (Å²) in [5, 5.41) is 0. The molecule has 1 heterocycles. The van der Waals surface area contributed by atoms with E-state index in [0.29, 0.717) is 18.2 Å². The van der Waals surface area contributed by atoms with Gasteiger partial charge in [-0.15, -0.1) is 0 Å². The highest BCUT2D eigenvalue weighted by Crippen LogP contribution is 2.09. The average molecular weight is 230 g/mol. The lowest BCUT2D eigenvalue weighted by Gasteiger charge is -2.17. The first-order valence-electron chi connectivity index (χ1n) is 4.35. The summed E-state index contributed by atoms with van der Waals surface area (Å²) in [6.45, 7) is 0.384. The summed E-state index contributed by atoms with van der Waals surface area (Å²) in [6, 6.07) is 1.60. The Balaban J connectivity index is 2.65. The summed E-state index contributed by atoms with van der Waals surface area (Å²) in [5.41, 5.74) is 5.48. The number of nitrogens with zero attached hydrogens (tertiary/aromatic N) is 3. The van der Waals surface area contributed by atoms with Crippen molar-refractivity contribution in [3.63, 3.8) is 0 Å². The Hall–Kier alpha value is -1.37. The summed E-state index contributed by atoms with van der Waals surface area (Å²) >= 11 is 0. The van der Waals surface area contributed by atoms with Crippen LogP contribution in [0.2, 0.25) is 0 Å². The Kier molecular flexibility index (Phi) is 3.46. The van der Waals surface area contributed by atoms with Crippen LogP contribution in [0.25, 0.3) is 0 Å². The molecule has 7 heteroatoms. The van der Waals surface area contributed by atoms with Crippen LogP contribution in [0.4, 0.5) is 11.6 Å². The first-order chi connectivity index (χ1) is 6.88. The SMILES string of the molecule is CN(CCS(C)(=O)=O)c1cc(N)ncn1. The monoisotopic (exact) mass is 230 g/mol. The second-order valence-corrected chi connectivity index (χ2v) is 5.61. The Morgan fingerprint density at radius 1 is 1.47 bits per heavy atom. The van der Waals surface area contributed by atoms with E-state index >= 15 is 0 Å². The summed E-state index contributed by atoms with van der Waals surface area (Å²) in [6.07, 6.45) is 2.55. The van der Waals surface area contributed by atoms with E-state index in [-0.39, 0.29) is 5.75 Å². The molecule has 0 radical (unpaired) electrons. The van der Waals surface area contributed by atoms with Crippen molar-refractivity contribution in [1.29, 1.82) is 0 Å². The van der Waals surface area contributed by atoms with Crippen LogP contribution in [-0.4, -0.2) is 44.0 Å². The largest absolute Gasteiger partial charge is 0.384 e. The molecule has 15 heavy (non-hydrogen) atoms. The van der Waals surface area contributed by atoms with E-state index in [0.717, 1.165) is 0 Å². The second kappa shape index (κ2) is 4.43. The number of nitrogen functional groups attached to an aromatic ring is 1. The van der Waals surface area contributed by atoms with Gasteiger partial charge in [0.25, 0.3) is 0 Å². The number of anilines is 2. The lowest BCUT2D eigenvalue weighted by Crippen LogP contribution is -2.25. The zero-order valence-electron chi connectivity index (χ0n) is 8.71. The van der Waals surface area contributed by atoms with Gasteiger partial charge in [-0.1, -0.05) is 0 Å². The molecule has 0 aromatic carbocycles. The summed E-state index contributed by atoms with van der Waals surface area (Å²) < 4.78 is 21.9. The topological polar surface area (TPSA) is 89.2 Å². The maximum absolute atomic E-state index is 10.9. The number of hydrogen-bond donors (Lipinski definition) is 1. The molecule has 0 bridgehead atoms. The minimum absolute atomic E-state index is 0.0907. The second-order valence-electron chi connectivity index (χ2n) is 3.35. The van der Waals surface area contributed by atoms with E-state index in [1.165, 1.54) is 12.6 Å². The molecule has 0 atom stereocenters. The van der Waals surface area contributed by atoms with Crippen LogP contribution in [0.3, 0.4) is 0 Å². The van der Waals surface area contributed by atoms with Crippen LogP contribution in [0.15, 0.2) is 12.4 Å². The zero-order chi connectivity index (χ0) is 11.5. The van der Waals surface area contributed by atoms with Gasteiger partial charge < -0.3 is 10.6 Å². The van der Waals surface area contributed by atoms with Crippen LogP contribution in [0, 0.1) is 0 Å². The fraction of sp³-hybridized carbons (Fsp3) is 0.500. The molecular formula is C8H14N4O2S. The highest BCUT2D eigenvalue weighted by atomic mass is 32.2. The third-order valence-corrected chi connectivity index (χ3v) is 2.79. The molecule has 0 aliphatic carbocycles. The molecular weight excluding hydrogens is 216 g/mol. The summed E-state index contributed by atoms with van der Waals surface area (Å²) in [4.78, 5) is 9.45. The molecule has 0 saturated carbocycles. The van der Waals surface area contributed by atoms with Crippen LogP contribution in [0.5, 0.6) is 0 Å². The smallest absolute Gasteiger partial charge is 0.149 e. The van der Waals surface area contributed by atoms with Crippen molar-refractivity contribution in [2.24, 2.45) is 0 Å². The summed E-state index contributed by atoms with van der Waals surface area (Å²) in [7, 11) is -1.20. The molecule has 1 aromatic heterocycles. The van der Waals surface area contributed by atoms with Gasteiger partial charge in [0.1, 0.15) is 27.8 Å². The maximum atomic E-state index is 10.9. The lowest BCUT2D eigenvalue weighted by atomic mass is 10.5. The van der Waals surface area contributed by atoms with Crippen molar-refractivity contribution in [1.82, 2.24) is 9.97 Å². The van der Waals surface area contributed by atoms with Crippen molar-refractivity contribution in [2.75, 3.05) is 36.2 Å². The number of rotatable bonds is 4. The molecule has 1 aromatic rings. The van der Waals surface area contributed by atoms with Crippen LogP contribution in [-0.2, 0) is 9.84 Å². The molecule has 1 rings (SSSR count). The van der Waals surface area contributed by atoms with Crippen LogP contribution >= 0.6 is 0 Å². The highest BCUT2D eigenvalue weighted by molar-refractivity contribution is 7.90. The number of nitrogens with two attached hydrogens (primary N) is 1. The Morgan fingerprint density at radius 3 is 2.67 bits per heavy atom. The number of aromatic nitrogens is 2. The van der Waals surface area contributed by atoms with Gasteiger partial charge in [0.2, 0.25) is 0 Å². The fourth-order valence-electron chi connectivity index (χ4n) is 0.988. The van der Waals surface area contributed by atoms with E-state index in [4.69, 9.17) is 5.73 Å². The molecule has 84 valence electrons. The molecule has 0 saturated heterocycles. The van der Waals surface area contributed by atoms with E-state index in [9.17, 15) is 8.42 Å². The minimum Gasteiger partial charge on any atom is -0.384 e. The highest BCUT2D eigenvalue weighted by Gasteiger charge is 2.07. The van der Waals surface area contributed by atoms with Gasteiger partial charge in [0.15, 0.2) is 0 Å². The molecule has 2 N–H and O–H groups in total. The molecule has 0 aliphatic heterocycles. The van der Waals surface area contributed by atoms with E-state index in [2.05, 4.69) is 9.97 Å². The number of sulfone groups is 1. The average Bonchev–Trinajstić information content (AvgIpc) is 2.13.